The minimum atomic E-state index is -0.361. The molecule has 32 heavy (non-hydrogen) atoms. The summed E-state index contributed by atoms with van der Waals surface area (Å²) in [4.78, 5) is 32.3. The summed E-state index contributed by atoms with van der Waals surface area (Å²) in [7, 11) is 0. The van der Waals surface area contributed by atoms with Gasteiger partial charge in [0.25, 0.3) is 5.56 Å². The van der Waals surface area contributed by atoms with Crippen LogP contribution >= 0.6 is 11.8 Å². The Morgan fingerprint density at radius 1 is 1.09 bits per heavy atom. The fourth-order valence-corrected chi connectivity index (χ4v) is 4.82. The summed E-state index contributed by atoms with van der Waals surface area (Å²) in [5.41, 5.74) is 0.999. The first kappa shape index (κ1) is 22.5. The van der Waals surface area contributed by atoms with Crippen molar-refractivity contribution < 1.29 is 9.18 Å². The third kappa shape index (κ3) is 5.55. The van der Waals surface area contributed by atoms with Gasteiger partial charge in [-0.3, -0.25) is 14.2 Å². The van der Waals surface area contributed by atoms with Crippen molar-refractivity contribution in [3.05, 3.63) is 64.7 Å². The number of aromatic nitrogens is 2. The fraction of sp³-hybridized carbons (Fsp3) is 0.375. The lowest BCUT2D eigenvalue weighted by molar-refractivity contribution is -0.121. The predicted octanol–water partition coefficient (Wildman–Crippen LogP) is 3.61. The second-order valence-electron chi connectivity index (χ2n) is 7.88. The number of nitrogens with zero attached hydrogens (tertiary/aromatic N) is 3. The van der Waals surface area contributed by atoms with Crippen molar-refractivity contribution in [2.45, 2.75) is 30.8 Å². The van der Waals surface area contributed by atoms with E-state index in [1.54, 1.807) is 24.3 Å². The molecule has 1 N–H and O–H groups in total. The molecule has 0 unspecified atom stereocenters. The van der Waals surface area contributed by atoms with E-state index in [2.05, 4.69) is 15.2 Å². The standard InChI is InChI=1S/C24H27FN4O2S/c25-18-9-11-19(12-10-18)29-23(31)20-6-1-2-7-21(20)27-24(29)32-17-5-8-22(30)26-13-16-28-14-3-4-15-28/h1-2,6-7,9-12H,3-5,8,13-17H2,(H,26,30). The molecule has 4 rings (SSSR count). The molecule has 2 heterocycles. The van der Waals surface area contributed by atoms with Crippen molar-refractivity contribution in [1.29, 1.82) is 0 Å². The fourth-order valence-electron chi connectivity index (χ4n) is 3.87. The van der Waals surface area contributed by atoms with Crippen LogP contribution in [-0.4, -0.2) is 52.3 Å². The Labute approximate surface area is 190 Å². The minimum absolute atomic E-state index is 0.0483. The summed E-state index contributed by atoms with van der Waals surface area (Å²) in [6, 6.07) is 13.0. The highest BCUT2D eigenvalue weighted by molar-refractivity contribution is 7.99. The Kier molecular flexibility index (Phi) is 7.55. The molecule has 0 atom stereocenters. The van der Waals surface area contributed by atoms with E-state index in [1.807, 2.05) is 12.1 Å². The molecule has 8 heteroatoms. The largest absolute Gasteiger partial charge is 0.355 e. The molecule has 0 radical (unpaired) electrons. The van der Waals surface area contributed by atoms with Gasteiger partial charge in [-0.2, -0.15) is 0 Å². The van der Waals surface area contributed by atoms with Crippen molar-refractivity contribution in [3.63, 3.8) is 0 Å². The number of likely N-dealkylation sites (tertiary alicyclic amines) is 1. The van der Waals surface area contributed by atoms with Crippen LogP contribution in [0, 0.1) is 5.82 Å². The zero-order valence-electron chi connectivity index (χ0n) is 17.9. The van der Waals surface area contributed by atoms with Gasteiger partial charge in [0, 0.05) is 25.3 Å². The smallest absolute Gasteiger partial charge is 0.266 e. The molecule has 1 aromatic heterocycles. The van der Waals surface area contributed by atoms with E-state index in [0.29, 0.717) is 46.9 Å². The van der Waals surface area contributed by atoms with E-state index in [9.17, 15) is 14.0 Å². The first-order chi connectivity index (χ1) is 15.6. The summed E-state index contributed by atoms with van der Waals surface area (Å²) in [5.74, 6) is 0.332. The second-order valence-corrected chi connectivity index (χ2v) is 8.94. The van der Waals surface area contributed by atoms with Crippen LogP contribution in [0.4, 0.5) is 4.39 Å². The summed E-state index contributed by atoms with van der Waals surface area (Å²) in [6.07, 6.45) is 3.60. The van der Waals surface area contributed by atoms with Gasteiger partial charge in [0.05, 0.1) is 16.6 Å². The highest BCUT2D eigenvalue weighted by atomic mass is 32.2. The van der Waals surface area contributed by atoms with Gasteiger partial charge in [-0.1, -0.05) is 23.9 Å². The first-order valence-corrected chi connectivity index (χ1v) is 12.0. The number of para-hydroxylation sites is 1. The van der Waals surface area contributed by atoms with Crippen LogP contribution in [0.2, 0.25) is 0 Å². The highest BCUT2D eigenvalue weighted by Crippen LogP contribution is 2.22. The van der Waals surface area contributed by atoms with Gasteiger partial charge < -0.3 is 10.2 Å². The number of carbonyl (C=O) groups is 1. The van der Waals surface area contributed by atoms with Gasteiger partial charge in [0.1, 0.15) is 5.82 Å². The molecular formula is C24H27FN4O2S. The number of halogens is 1. The average molecular weight is 455 g/mol. The number of benzene rings is 2. The Balaban J connectivity index is 1.39. The van der Waals surface area contributed by atoms with E-state index in [1.165, 1.54) is 41.3 Å². The van der Waals surface area contributed by atoms with E-state index in [4.69, 9.17) is 0 Å². The summed E-state index contributed by atoms with van der Waals surface area (Å²) in [6.45, 7) is 3.84. The lowest BCUT2D eigenvalue weighted by Gasteiger charge is -2.15. The number of amides is 1. The number of nitrogens with one attached hydrogen (secondary N) is 1. The summed E-state index contributed by atoms with van der Waals surface area (Å²) < 4.78 is 14.9. The quantitative estimate of drug-likeness (QED) is 0.304. The van der Waals surface area contributed by atoms with Gasteiger partial charge in [0.15, 0.2) is 5.16 Å². The maximum Gasteiger partial charge on any atom is 0.266 e. The van der Waals surface area contributed by atoms with E-state index < -0.39 is 0 Å². The maximum atomic E-state index is 13.4. The molecule has 1 aliphatic rings. The third-order valence-electron chi connectivity index (χ3n) is 5.56. The van der Waals surface area contributed by atoms with Crippen LogP contribution < -0.4 is 10.9 Å². The second kappa shape index (κ2) is 10.7. The molecule has 1 aliphatic heterocycles. The topological polar surface area (TPSA) is 67.2 Å². The highest BCUT2D eigenvalue weighted by Gasteiger charge is 2.14. The minimum Gasteiger partial charge on any atom is -0.355 e. The number of hydrogen-bond acceptors (Lipinski definition) is 5. The zero-order valence-corrected chi connectivity index (χ0v) is 18.7. The molecule has 1 amide bonds. The zero-order chi connectivity index (χ0) is 22.3. The normalized spacial score (nSPS) is 14.2. The van der Waals surface area contributed by atoms with Crippen molar-refractivity contribution in [3.8, 4) is 5.69 Å². The van der Waals surface area contributed by atoms with Crippen molar-refractivity contribution in [2.75, 3.05) is 31.9 Å². The van der Waals surface area contributed by atoms with E-state index >= 15 is 0 Å². The van der Waals surface area contributed by atoms with Gasteiger partial charge in [0.2, 0.25) is 5.91 Å². The summed E-state index contributed by atoms with van der Waals surface area (Å²) in [5, 5.41) is 4.04. The maximum absolute atomic E-state index is 13.4. The number of hydrogen-bond donors (Lipinski definition) is 1. The Hall–Kier alpha value is -2.71. The SMILES string of the molecule is O=C(CCCSc1nc2ccccc2c(=O)n1-c1ccc(F)cc1)NCCN1CCCC1. The van der Waals surface area contributed by atoms with Gasteiger partial charge in [-0.05, 0) is 68.8 Å². The van der Waals surface area contributed by atoms with Crippen LogP contribution in [0.5, 0.6) is 0 Å². The number of carbonyl (C=O) groups excluding carboxylic acids is 1. The van der Waals surface area contributed by atoms with E-state index in [0.717, 1.165) is 19.6 Å². The number of thioether (sulfide) groups is 1. The van der Waals surface area contributed by atoms with Gasteiger partial charge in [-0.15, -0.1) is 0 Å². The molecule has 3 aromatic rings. The van der Waals surface area contributed by atoms with Crippen LogP contribution in [-0.2, 0) is 4.79 Å². The average Bonchev–Trinajstić information content (AvgIpc) is 3.31. The molecule has 2 aromatic carbocycles. The lowest BCUT2D eigenvalue weighted by atomic mass is 10.2. The van der Waals surface area contributed by atoms with Crippen molar-refractivity contribution in [1.82, 2.24) is 19.8 Å². The Bertz CT molecular complexity index is 1130. The molecule has 0 aliphatic carbocycles. The van der Waals surface area contributed by atoms with Crippen LogP contribution in [0.15, 0.2) is 58.5 Å². The van der Waals surface area contributed by atoms with Crippen molar-refractivity contribution >= 4 is 28.6 Å². The molecular weight excluding hydrogens is 427 g/mol. The molecule has 168 valence electrons. The van der Waals surface area contributed by atoms with Crippen molar-refractivity contribution in [2.24, 2.45) is 0 Å². The third-order valence-corrected chi connectivity index (χ3v) is 6.58. The van der Waals surface area contributed by atoms with Crippen LogP contribution in [0.3, 0.4) is 0 Å². The first-order valence-electron chi connectivity index (χ1n) is 11.0. The lowest BCUT2D eigenvalue weighted by Crippen LogP contribution is -2.33. The van der Waals surface area contributed by atoms with Crippen LogP contribution in [0.25, 0.3) is 16.6 Å². The number of rotatable bonds is 9. The van der Waals surface area contributed by atoms with Crippen LogP contribution in [0.1, 0.15) is 25.7 Å². The summed E-state index contributed by atoms with van der Waals surface area (Å²) >= 11 is 1.43. The predicted molar refractivity (Wildman–Crippen MR) is 126 cm³/mol. The van der Waals surface area contributed by atoms with Gasteiger partial charge in [-0.25, -0.2) is 9.37 Å². The Morgan fingerprint density at radius 3 is 2.62 bits per heavy atom. The molecule has 0 bridgehead atoms. The van der Waals surface area contributed by atoms with E-state index in [-0.39, 0.29) is 17.3 Å². The molecule has 0 saturated carbocycles. The Morgan fingerprint density at radius 2 is 1.84 bits per heavy atom. The molecule has 1 saturated heterocycles. The molecule has 6 nitrogen and oxygen atoms in total. The number of fused-ring (bicyclic) bond motifs is 1. The van der Waals surface area contributed by atoms with Gasteiger partial charge >= 0.3 is 0 Å². The monoisotopic (exact) mass is 454 g/mol. The molecule has 1 fully saturated rings. The molecule has 0 spiro atoms.